The van der Waals surface area contributed by atoms with Gasteiger partial charge in [0, 0.05) is 0 Å². The molecule has 1 saturated carbocycles. The Hall–Kier alpha value is -1.34. The van der Waals surface area contributed by atoms with Crippen LogP contribution in [0.2, 0.25) is 0 Å². The molecule has 0 amide bonds. The van der Waals surface area contributed by atoms with Gasteiger partial charge in [-0.15, -0.1) is 0 Å². The first-order chi connectivity index (χ1) is 9.34. The van der Waals surface area contributed by atoms with Crippen LogP contribution in [-0.2, 0) is 6.42 Å². The second-order valence-corrected chi connectivity index (χ2v) is 5.79. The highest BCUT2D eigenvalue weighted by atomic mass is 16.3. The van der Waals surface area contributed by atoms with E-state index in [1.165, 1.54) is 42.0 Å². The molecule has 1 aliphatic rings. The molecular weight excluding hydrogens is 232 g/mol. The van der Waals surface area contributed by atoms with Gasteiger partial charge < -0.3 is 5.11 Å². The third-order valence-corrected chi connectivity index (χ3v) is 4.53. The van der Waals surface area contributed by atoms with E-state index in [0.29, 0.717) is 5.92 Å². The Kier molecular flexibility index (Phi) is 3.84. The van der Waals surface area contributed by atoms with Crippen molar-refractivity contribution in [3.8, 4) is 0 Å². The van der Waals surface area contributed by atoms with Gasteiger partial charge in [0.1, 0.15) is 0 Å². The third kappa shape index (κ3) is 2.82. The van der Waals surface area contributed by atoms with Gasteiger partial charge in [0.05, 0.1) is 6.10 Å². The van der Waals surface area contributed by atoms with Crippen molar-refractivity contribution in [2.24, 2.45) is 5.92 Å². The van der Waals surface area contributed by atoms with Crippen molar-refractivity contribution in [3.05, 3.63) is 48.0 Å². The van der Waals surface area contributed by atoms with Crippen LogP contribution in [-0.4, -0.2) is 11.2 Å². The van der Waals surface area contributed by atoms with Crippen LogP contribution in [0.3, 0.4) is 0 Å². The molecule has 1 unspecified atom stereocenters. The largest absolute Gasteiger partial charge is 0.393 e. The molecule has 100 valence electrons. The minimum Gasteiger partial charge on any atom is -0.393 e. The quantitative estimate of drug-likeness (QED) is 0.861. The summed E-state index contributed by atoms with van der Waals surface area (Å²) >= 11 is 0. The number of aliphatic hydroxyl groups is 1. The average Bonchev–Trinajstić information content (AvgIpc) is 2.99. The van der Waals surface area contributed by atoms with Crippen LogP contribution in [0.15, 0.2) is 42.5 Å². The van der Waals surface area contributed by atoms with E-state index in [0.717, 1.165) is 12.8 Å². The lowest BCUT2D eigenvalue weighted by molar-refractivity contribution is 0.102. The van der Waals surface area contributed by atoms with E-state index in [1.807, 2.05) is 0 Å². The summed E-state index contributed by atoms with van der Waals surface area (Å²) in [6.45, 7) is 0. The Bertz CT molecular complexity index is 535. The van der Waals surface area contributed by atoms with E-state index < -0.39 is 0 Å². The van der Waals surface area contributed by atoms with Gasteiger partial charge in [-0.05, 0) is 47.9 Å². The summed E-state index contributed by atoms with van der Waals surface area (Å²) in [5.41, 5.74) is 1.37. The molecule has 0 bridgehead atoms. The fourth-order valence-corrected chi connectivity index (χ4v) is 3.39. The molecule has 0 saturated heterocycles. The number of fused-ring (bicyclic) bond motifs is 1. The Labute approximate surface area is 115 Å². The average molecular weight is 254 g/mol. The maximum atomic E-state index is 10.3. The first-order valence-corrected chi connectivity index (χ1v) is 7.49. The Morgan fingerprint density at radius 2 is 1.74 bits per heavy atom. The summed E-state index contributed by atoms with van der Waals surface area (Å²) in [6, 6.07) is 15.0. The first kappa shape index (κ1) is 12.7. The predicted octanol–water partition coefficient (Wildman–Crippen LogP) is 4.32. The molecule has 2 aromatic rings. The summed E-state index contributed by atoms with van der Waals surface area (Å²) in [5, 5.41) is 12.9. The Morgan fingerprint density at radius 3 is 2.58 bits per heavy atom. The van der Waals surface area contributed by atoms with Gasteiger partial charge in [0.25, 0.3) is 0 Å². The van der Waals surface area contributed by atoms with Gasteiger partial charge >= 0.3 is 0 Å². The Morgan fingerprint density at radius 1 is 1.00 bits per heavy atom. The van der Waals surface area contributed by atoms with E-state index in [4.69, 9.17) is 0 Å². The summed E-state index contributed by atoms with van der Waals surface area (Å²) in [7, 11) is 0. The van der Waals surface area contributed by atoms with Crippen LogP contribution < -0.4 is 0 Å². The molecule has 1 N–H and O–H groups in total. The molecule has 0 spiro atoms. The van der Waals surface area contributed by atoms with E-state index in [-0.39, 0.29) is 6.10 Å². The number of aryl methyl sites for hydroxylation is 1. The molecule has 0 aromatic heterocycles. The van der Waals surface area contributed by atoms with E-state index in [2.05, 4.69) is 42.5 Å². The molecule has 1 aliphatic carbocycles. The monoisotopic (exact) mass is 254 g/mol. The fraction of sp³-hybridized carbons (Fsp3) is 0.444. The van der Waals surface area contributed by atoms with Crippen LogP contribution >= 0.6 is 0 Å². The van der Waals surface area contributed by atoms with Crippen LogP contribution in [0.1, 0.15) is 37.7 Å². The molecule has 3 rings (SSSR count). The van der Waals surface area contributed by atoms with Crippen molar-refractivity contribution in [2.45, 2.75) is 44.6 Å². The number of rotatable bonds is 4. The zero-order chi connectivity index (χ0) is 13.1. The number of hydrogen-bond donors (Lipinski definition) is 1. The Balaban J connectivity index is 1.71. The van der Waals surface area contributed by atoms with Gasteiger partial charge in [-0.3, -0.25) is 0 Å². The second-order valence-electron chi connectivity index (χ2n) is 5.79. The van der Waals surface area contributed by atoms with Crippen LogP contribution in [0.25, 0.3) is 10.8 Å². The first-order valence-electron chi connectivity index (χ1n) is 7.49. The zero-order valence-corrected chi connectivity index (χ0v) is 11.4. The standard InChI is InChI=1S/C18H22O/c19-18(16-7-1-2-8-16)13-12-15-10-5-9-14-6-3-4-11-17(14)15/h3-6,9-11,16,18-19H,1-2,7-8,12-13H2. The fourth-order valence-electron chi connectivity index (χ4n) is 3.39. The third-order valence-electron chi connectivity index (χ3n) is 4.53. The number of hydrogen-bond acceptors (Lipinski definition) is 1. The normalized spacial score (nSPS) is 17.9. The highest BCUT2D eigenvalue weighted by Gasteiger charge is 2.22. The van der Waals surface area contributed by atoms with Crippen molar-refractivity contribution >= 4 is 10.8 Å². The molecule has 19 heavy (non-hydrogen) atoms. The lowest BCUT2D eigenvalue weighted by Crippen LogP contribution is -2.18. The van der Waals surface area contributed by atoms with Gasteiger partial charge in [-0.1, -0.05) is 55.3 Å². The van der Waals surface area contributed by atoms with Crippen LogP contribution in [0.5, 0.6) is 0 Å². The smallest absolute Gasteiger partial charge is 0.0571 e. The zero-order valence-electron chi connectivity index (χ0n) is 11.4. The second kappa shape index (κ2) is 5.75. The summed E-state index contributed by atoms with van der Waals surface area (Å²) in [6.07, 6.45) is 6.82. The van der Waals surface area contributed by atoms with Crippen molar-refractivity contribution in [1.29, 1.82) is 0 Å². The molecule has 1 nitrogen and oxygen atoms in total. The summed E-state index contributed by atoms with van der Waals surface area (Å²) in [5.74, 6) is 0.551. The lowest BCUT2D eigenvalue weighted by Gasteiger charge is -2.17. The predicted molar refractivity (Wildman–Crippen MR) is 80.2 cm³/mol. The topological polar surface area (TPSA) is 20.2 Å². The van der Waals surface area contributed by atoms with Crippen molar-refractivity contribution < 1.29 is 5.11 Å². The minimum atomic E-state index is -0.110. The van der Waals surface area contributed by atoms with Crippen molar-refractivity contribution in [1.82, 2.24) is 0 Å². The van der Waals surface area contributed by atoms with Crippen LogP contribution in [0, 0.1) is 5.92 Å². The molecule has 1 fully saturated rings. The maximum absolute atomic E-state index is 10.3. The highest BCUT2D eigenvalue weighted by Crippen LogP contribution is 2.30. The maximum Gasteiger partial charge on any atom is 0.0571 e. The molecule has 0 radical (unpaired) electrons. The van der Waals surface area contributed by atoms with Gasteiger partial charge in [0.2, 0.25) is 0 Å². The van der Waals surface area contributed by atoms with E-state index in [1.54, 1.807) is 0 Å². The van der Waals surface area contributed by atoms with Gasteiger partial charge in [0.15, 0.2) is 0 Å². The van der Waals surface area contributed by atoms with Crippen molar-refractivity contribution in [3.63, 3.8) is 0 Å². The van der Waals surface area contributed by atoms with Gasteiger partial charge in [-0.25, -0.2) is 0 Å². The summed E-state index contributed by atoms with van der Waals surface area (Å²) in [4.78, 5) is 0. The molecule has 2 aromatic carbocycles. The summed E-state index contributed by atoms with van der Waals surface area (Å²) < 4.78 is 0. The van der Waals surface area contributed by atoms with Crippen LogP contribution in [0.4, 0.5) is 0 Å². The molecule has 1 atom stereocenters. The molecule has 0 aliphatic heterocycles. The minimum absolute atomic E-state index is 0.110. The lowest BCUT2D eigenvalue weighted by atomic mass is 9.93. The molecular formula is C18H22O. The molecule has 1 heteroatoms. The van der Waals surface area contributed by atoms with Gasteiger partial charge in [-0.2, -0.15) is 0 Å². The SMILES string of the molecule is OC(CCc1cccc2ccccc12)C1CCCC1. The number of aliphatic hydroxyl groups excluding tert-OH is 1. The highest BCUT2D eigenvalue weighted by molar-refractivity contribution is 5.85. The number of benzene rings is 2. The van der Waals surface area contributed by atoms with E-state index in [9.17, 15) is 5.11 Å². The van der Waals surface area contributed by atoms with Crippen molar-refractivity contribution in [2.75, 3.05) is 0 Å². The molecule has 0 heterocycles. The van der Waals surface area contributed by atoms with E-state index >= 15 is 0 Å².